The summed E-state index contributed by atoms with van der Waals surface area (Å²) in [6.45, 7) is 10.3. The highest BCUT2D eigenvalue weighted by molar-refractivity contribution is 5.81. The molecule has 2 aliphatic rings. The molecule has 30 heavy (non-hydrogen) atoms. The molecule has 1 aromatic heterocycles. The van der Waals surface area contributed by atoms with Crippen molar-refractivity contribution in [2.24, 2.45) is 10.9 Å². The van der Waals surface area contributed by atoms with Gasteiger partial charge >= 0.3 is 0 Å². The van der Waals surface area contributed by atoms with Gasteiger partial charge in [0.1, 0.15) is 5.76 Å². The van der Waals surface area contributed by atoms with Crippen LogP contribution in [-0.2, 0) is 4.79 Å². The van der Waals surface area contributed by atoms with Crippen molar-refractivity contribution in [3.05, 3.63) is 24.2 Å². The average Bonchev–Trinajstić information content (AvgIpc) is 3.29. The number of carbonyl (C=O) groups excluding carboxylic acids is 1. The number of likely N-dealkylation sites (tertiary alicyclic amines) is 2. The van der Waals surface area contributed by atoms with Crippen molar-refractivity contribution in [1.29, 1.82) is 0 Å². The van der Waals surface area contributed by atoms with E-state index in [1.807, 2.05) is 17.0 Å². The summed E-state index contributed by atoms with van der Waals surface area (Å²) >= 11 is 0. The van der Waals surface area contributed by atoms with Crippen LogP contribution in [0, 0.1) is 5.92 Å². The highest BCUT2D eigenvalue weighted by Crippen LogP contribution is 2.25. The first-order chi connectivity index (χ1) is 14.7. The Hall–Kier alpha value is -2.02. The summed E-state index contributed by atoms with van der Waals surface area (Å²) in [4.78, 5) is 21.9. The van der Waals surface area contributed by atoms with Crippen LogP contribution in [0.15, 0.2) is 27.8 Å². The zero-order valence-electron chi connectivity index (χ0n) is 18.7. The molecule has 168 valence electrons. The van der Waals surface area contributed by atoms with Crippen LogP contribution >= 0.6 is 0 Å². The maximum Gasteiger partial charge on any atom is 0.224 e. The molecule has 3 rings (SSSR count). The zero-order valence-corrected chi connectivity index (χ0v) is 18.7. The van der Waals surface area contributed by atoms with Crippen LogP contribution in [0.1, 0.15) is 64.2 Å². The molecule has 1 aromatic rings. The standard InChI is InChI=1S/C23H39N5O2/c1-3-24-23(25-12-11-22(29)28-15-7-9-19(2)18-28)26-17-20(21-10-8-16-30-21)27-13-5-4-6-14-27/h8,10,16,19-20H,3-7,9,11-15,17-18H2,1-2H3,(H2,24,25,26). The third-order valence-corrected chi connectivity index (χ3v) is 6.11. The van der Waals surface area contributed by atoms with E-state index in [1.165, 1.54) is 25.7 Å². The molecule has 2 fully saturated rings. The number of carbonyl (C=O) groups is 1. The summed E-state index contributed by atoms with van der Waals surface area (Å²) in [5.74, 6) is 2.60. The fourth-order valence-electron chi connectivity index (χ4n) is 4.48. The van der Waals surface area contributed by atoms with E-state index in [1.54, 1.807) is 6.26 Å². The van der Waals surface area contributed by atoms with E-state index >= 15 is 0 Å². The lowest BCUT2D eigenvalue weighted by molar-refractivity contribution is -0.132. The molecule has 0 bridgehead atoms. The first-order valence-corrected chi connectivity index (χ1v) is 11.7. The predicted molar refractivity (Wildman–Crippen MR) is 120 cm³/mol. The fraction of sp³-hybridized carbons (Fsp3) is 0.739. The molecule has 3 heterocycles. The molecule has 2 atom stereocenters. The highest BCUT2D eigenvalue weighted by Gasteiger charge is 2.24. The topological polar surface area (TPSA) is 73.1 Å². The maximum atomic E-state index is 12.5. The number of hydrogen-bond donors (Lipinski definition) is 2. The molecule has 0 aliphatic carbocycles. The van der Waals surface area contributed by atoms with Crippen molar-refractivity contribution in [2.75, 3.05) is 45.8 Å². The highest BCUT2D eigenvalue weighted by atomic mass is 16.3. The van der Waals surface area contributed by atoms with Gasteiger partial charge in [0.05, 0.1) is 18.8 Å². The SMILES string of the molecule is CCNC(=NCC(c1ccco1)N1CCCCC1)NCCC(=O)N1CCCC(C)C1. The third-order valence-electron chi connectivity index (χ3n) is 6.11. The molecular formula is C23H39N5O2. The van der Waals surface area contributed by atoms with E-state index in [0.29, 0.717) is 25.4 Å². The minimum atomic E-state index is 0.159. The van der Waals surface area contributed by atoms with Gasteiger partial charge in [0.2, 0.25) is 5.91 Å². The van der Waals surface area contributed by atoms with E-state index in [9.17, 15) is 4.79 Å². The second kappa shape index (κ2) is 12.0. The molecule has 1 amide bonds. The summed E-state index contributed by atoms with van der Waals surface area (Å²) in [6.07, 6.45) is 8.37. The van der Waals surface area contributed by atoms with Crippen LogP contribution in [0.3, 0.4) is 0 Å². The maximum absolute atomic E-state index is 12.5. The van der Waals surface area contributed by atoms with E-state index in [4.69, 9.17) is 9.41 Å². The van der Waals surface area contributed by atoms with Crippen molar-refractivity contribution >= 4 is 11.9 Å². The molecule has 0 radical (unpaired) electrons. The largest absolute Gasteiger partial charge is 0.468 e. The Labute approximate surface area is 181 Å². The number of nitrogens with zero attached hydrogens (tertiary/aromatic N) is 3. The molecule has 0 saturated carbocycles. The van der Waals surface area contributed by atoms with Crippen molar-refractivity contribution < 1.29 is 9.21 Å². The Bertz CT molecular complexity index is 655. The van der Waals surface area contributed by atoms with E-state index < -0.39 is 0 Å². The summed E-state index contributed by atoms with van der Waals surface area (Å²) in [6, 6.07) is 4.16. The predicted octanol–water partition coefficient (Wildman–Crippen LogP) is 3.01. The van der Waals surface area contributed by atoms with Crippen LogP contribution in [0.4, 0.5) is 0 Å². The lowest BCUT2D eigenvalue weighted by atomic mass is 10.00. The zero-order chi connectivity index (χ0) is 21.2. The Balaban J connectivity index is 1.53. The smallest absolute Gasteiger partial charge is 0.224 e. The third kappa shape index (κ3) is 6.76. The van der Waals surface area contributed by atoms with Gasteiger partial charge in [-0.15, -0.1) is 0 Å². The molecule has 0 spiro atoms. The van der Waals surface area contributed by atoms with Gasteiger partial charge in [0.25, 0.3) is 0 Å². The Morgan fingerprint density at radius 3 is 2.77 bits per heavy atom. The van der Waals surface area contributed by atoms with Crippen LogP contribution in [-0.4, -0.2) is 67.5 Å². The number of aliphatic imine (C=N–C) groups is 1. The summed E-state index contributed by atoms with van der Waals surface area (Å²) in [7, 11) is 0. The van der Waals surface area contributed by atoms with E-state index in [0.717, 1.165) is 50.9 Å². The number of nitrogens with one attached hydrogen (secondary N) is 2. The first-order valence-electron chi connectivity index (χ1n) is 11.7. The van der Waals surface area contributed by atoms with Crippen molar-refractivity contribution in [3.8, 4) is 0 Å². The second-order valence-electron chi connectivity index (χ2n) is 8.61. The van der Waals surface area contributed by atoms with Crippen molar-refractivity contribution in [3.63, 3.8) is 0 Å². The van der Waals surface area contributed by atoms with Crippen LogP contribution < -0.4 is 10.6 Å². The Kier molecular flexibility index (Phi) is 9.05. The van der Waals surface area contributed by atoms with Crippen molar-refractivity contribution in [2.45, 2.75) is 58.4 Å². The normalized spacial score (nSPS) is 22.0. The molecule has 2 N–H and O–H groups in total. The van der Waals surface area contributed by atoms with Gasteiger partial charge in [0.15, 0.2) is 5.96 Å². The average molecular weight is 418 g/mol. The van der Waals surface area contributed by atoms with Crippen LogP contribution in [0.5, 0.6) is 0 Å². The molecule has 7 nitrogen and oxygen atoms in total. The fourth-order valence-corrected chi connectivity index (χ4v) is 4.48. The quantitative estimate of drug-likeness (QED) is 0.502. The lowest BCUT2D eigenvalue weighted by Gasteiger charge is -2.32. The van der Waals surface area contributed by atoms with Gasteiger partial charge in [-0.05, 0) is 63.7 Å². The van der Waals surface area contributed by atoms with Gasteiger partial charge in [0, 0.05) is 32.6 Å². The summed E-state index contributed by atoms with van der Waals surface area (Å²) in [5.41, 5.74) is 0. The Morgan fingerprint density at radius 2 is 2.07 bits per heavy atom. The van der Waals surface area contributed by atoms with Crippen molar-refractivity contribution in [1.82, 2.24) is 20.4 Å². The number of rotatable bonds is 8. The minimum Gasteiger partial charge on any atom is -0.468 e. The van der Waals surface area contributed by atoms with Crippen LogP contribution in [0.2, 0.25) is 0 Å². The second-order valence-corrected chi connectivity index (χ2v) is 8.61. The molecule has 2 aliphatic heterocycles. The summed E-state index contributed by atoms with van der Waals surface area (Å²) in [5, 5.41) is 6.66. The van der Waals surface area contributed by atoms with E-state index in [2.05, 4.69) is 29.4 Å². The number of furan rings is 1. The molecule has 0 aromatic carbocycles. The van der Waals surface area contributed by atoms with E-state index in [-0.39, 0.29) is 11.9 Å². The van der Waals surface area contributed by atoms with Gasteiger partial charge in [-0.25, -0.2) is 0 Å². The lowest BCUT2D eigenvalue weighted by Crippen LogP contribution is -2.43. The van der Waals surface area contributed by atoms with Crippen LogP contribution in [0.25, 0.3) is 0 Å². The molecular weight excluding hydrogens is 378 g/mol. The van der Waals surface area contributed by atoms with Gasteiger partial charge in [-0.3, -0.25) is 14.7 Å². The minimum absolute atomic E-state index is 0.159. The van der Waals surface area contributed by atoms with Gasteiger partial charge in [-0.2, -0.15) is 0 Å². The molecule has 2 unspecified atom stereocenters. The molecule has 2 saturated heterocycles. The van der Waals surface area contributed by atoms with Gasteiger partial charge in [-0.1, -0.05) is 13.3 Å². The van der Waals surface area contributed by atoms with Gasteiger partial charge < -0.3 is 20.0 Å². The number of guanidine groups is 1. The Morgan fingerprint density at radius 1 is 1.23 bits per heavy atom. The number of piperidine rings is 2. The monoisotopic (exact) mass is 417 g/mol. The number of amides is 1. The molecule has 7 heteroatoms. The summed E-state index contributed by atoms with van der Waals surface area (Å²) < 4.78 is 5.73. The first kappa shape index (κ1) is 22.7. The number of hydrogen-bond acceptors (Lipinski definition) is 4.